The molecule has 124 valence electrons. The molecule has 1 aromatic heterocycles. The lowest BCUT2D eigenvalue weighted by Crippen LogP contribution is -2.02. The number of aromatic nitrogens is 1. The van der Waals surface area contributed by atoms with Crippen LogP contribution in [0.1, 0.15) is 23.0 Å². The fourth-order valence-electron chi connectivity index (χ4n) is 2.24. The molecule has 0 aliphatic rings. The van der Waals surface area contributed by atoms with Crippen molar-refractivity contribution >= 4 is 33.9 Å². The molecule has 0 radical (unpaired) electrons. The van der Waals surface area contributed by atoms with Gasteiger partial charge in [-0.2, -0.15) is 0 Å². The van der Waals surface area contributed by atoms with E-state index in [4.69, 9.17) is 11.6 Å². The molecule has 6 heteroatoms. The minimum absolute atomic E-state index is 0.0267. The van der Waals surface area contributed by atoms with Crippen molar-refractivity contribution in [3.63, 3.8) is 0 Å². The summed E-state index contributed by atoms with van der Waals surface area (Å²) in [5.74, 6) is -1.90. The van der Waals surface area contributed by atoms with E-state index in [9.17, 15) is 13.6 Å². The number of rotatable bonds is 4. The highest BCUT2D eigenvalue weighted by Gasteiger charge is 2.19. The Morgan fingerprint density at radius 2 is 2.08 bits per heavy atom. The highest BCUT2D eigenvalue weighted by atomic mass is 35.5. The molecule has 0 N–H and O–H groups in total. The van der Waals surface area contributed by atoms with Crippen LogP contribution in [0.5, 0.6) is 0 Å². The summed E-state index contributed by atoms with van der Waals surface area (Å²) < 4.78 is 33.0. The van der Waals surface area contributed by atoms with Gasteiger partial charge in [-0.3, -0.25) is 4.98 Å². The zero-order chi connectivity index (χ0) is 17.9. The van der Waals surface area contributed by atoms with E-state index in [2.05, 4.69) is 16.3 Å². The van der Waals surface area contributed by atoms with Crippen LogP contribution in [0.15, 0.2) is 54.0 Å². The predicted octanol–water partition coefficient (Wildman–Crippen LogP) is 5.17. The van der Waals surface area contributed by atoms with Gasteiger partial charge in [-0.25, -0.2) is 13.6 Å². The zero-order valence-corrected chi connectivity index (χ0v) is 13.8. The molecule has 0 atom stereocenters. The van der Waals surface area contributed by atoms with Crippen LogP contribution in [0.25, 0.3) is 16.3 Å². The monoisotopic (exact) mass is 349 g/mol. The molecule has 0 aliphatic carbocycles. The van der Waals surface area contributed by atoms with Crippen LogP contribution >= 0.6 is 11.6 Å². The van der Waals surface area contributed by atoms with Gasteiger partial charge in [-0.1, -0.05) is 30.3 Å². The Labute approximate surface area is 142 Å². The molecule has 0 saturated heterocycles. The molecular weight excluding hydrogens is 336 g/mol. The molecule has 0 saturated carbocycles. The molecule has 2 rings (SSSR count). The Hall–Kier alpha value is -2.53. The molecule has 2 aromatic rings. The Bertz CT molecular complexity index is 888. The summed E-state index contributed by atoms with van der Waals surface area (Å²) in [6.45, 7) is 5.01. The van der Waals surface area contributed by atoms with E-state index in [1.165, 1.54) is 31.4 Å². The number of benzene rings is 1. The van der Waals surface area contributed by atoms with Crippen molar-refractivity contribution in [3.05, 3.63) is 71.1 Å². The third-order valence-corrected chi connectivity index (χ3v) is 3.81. The van der Waals surface area contributed by atoms with Crippen molar-refractivity contribution in [1.82, 2.24) is 4.98 Å². The van der Waals surface area contributed by atoms with Gasteiger partial charge in [0.25, 0.3) is 0 Å². The number of pyridine rings is 1. The SMILES string of the molecule is C=C/C(F)=C(\C(Cl)=C/C)c1ncc(F)c2ccc(C(=O)OC)cc12. The lowest BCUT2D eigenvalue weighted by atomic mass is 10.00. The Morgan fingerprint density at radius 1 is 1.38 bits per heavy atom. The van der Waals surface area contributed by atoms with Gasteiger partial charge in [0.15, 0.2) is 0 Å². The average Bonchev–Trinajstić information content (AvgIpc) is 2.62. The first-order valence-electron chi connectivity index (χ1n) is 6.95. The molecule has 1 heterocycles. The third kappa shape index (κ3) is 3.21. The summed E-state index contributed by atoms with van der Waals surface area (Å²) in [5.41, 5.74) is 0.271. The van der Waals surface area contributed by atoms with Crippen LogP contribution in [-0.4, -0.2) is 18.1 Å². The summed E-state index contributed by atoms with van der Waals surface area (Å²) in [4.78, 5) is 15.7. The van der Waals surface area contributed by atoms with Gasteiger partial charge in [0.05, 0.1) is 30.1 Å². The van der Waals surface area contributed by atoms with Gasteiger partial charge in [-0.05, 0) is 25.1 Å². The van der Waals surface area contributed by atoms with E-state index in [1.54, 1.807) is 6.92 Å². The van der Waals surface area contributed by atoms with E-state index in [0.29, 0.717) is 0 Å². The number of hydrogen-bond acceptors (Lipinski definition) is 3. The highest BCUT2D eigenvalue weighted by Crippen LogP contribution is 2.34. The lowest BCUT2D eigenvalue weighted by molar-refractivity contribution is 0.0601. The molecule has 0 unspecified atom stereocenters. The zero-order valence-electron chi connectivity index (χ0n) is 13.1. The maximum Gasteiger partial charge on any atom is 0.337 e. The van der Waals surface area contributed by atoms with Crippen LogP contribution in [0.2, 0.25) is 0 Å². The molecule has 0 aliphatic heterocycles. The van der Waals surface area contributed by atoms with Crippen molar-refractivity contribution in [1.29, 1.82) is 0 Å². The molecule has 1 aromatic carbocycles. The van der Waals surface area contributed by atoms with Crippen molar-refractivity contribution in [3.8, 4) is 0 Å². The van der Waals surface area contributed by atoms with Crippen LogP contribution in [0.3, 0.4) is 0 Å². The van der Waals surface area contributed by atoms with Gasteiger partial charge < -0.3 is 4.74 Å². The molecule has 0 spiro atoms. The fourth-order valence-corrected chi connectivity index (χ4v) is 2.42. The number of nitrogens with zero attached hydrogens (tertiary/aromatic N) is 1. The van der Waals surface area contributed by atoms with Crippen LogP contribution in [0, 0.1) is 5.82 Å². The number of allylic oxidation sites excluding steroid dienone is 5. The predicted molar refractivity (Wildman–Crippen MR) is 90.9 cm³/mol. The second-order valence-electron chi connectivity index (χ2n) is 4.77. The first-order chi connectivity index (χ1) is 11.4. The minimum Gasteiger partial charge on any atom is -0.465 e. The van der Waals surface area contributed by atoms with Gasteiger partial charge >= 0.3 is 5.97 Å². The van der Waals surface area contributed by atoms with Gasteiger partial charge in [0, 0.05) is 15.8 Å². The number of carbonyl (C=O) groups excluding carboxylic acids is 1. The smallest absolute Gasteiger partial charge is 0.337 e. The number of fused-ring (bicyclic) bond motifs is 1. The van der Waals surface area contributed by atoms with Gasteiger partial charge in [0.2, 0.25) is 0 Å². The van der Waals surface area contributed by atoms with E-state index in [1.807, 2.05) is 0 Å². The van der Waals surface area contributed by atoms with E-state index in [-0.39, 0.29) is 32.6 Å². The van der Waals surface area contributed by atoms with Crippen molar-refractivity contribution in [2.45, 2.75) is 6.92 Å². The number of methoxy groups -OCH3 is 1. The summed E-state index contributed by atoms with van der Waals surface area (Å²) in [5, 5.41) is 0.517. The summed E-state index contributed by atoms with van der Waals surface area (Å²) >= 11 is 6.10. The number of ether oxygens (including phenoxy) is 1. The van der Waals surface area contributed by atoms with Crippen LogP contribution < -0.4 is 0 Å². The number of carbonyl (C=O) groups is 1. The molecule has 3 nitrogen and oxygen atoms in total. The van der Waals surface area contributed by atoms with Crippen LogP contribution in [-0.2, 0) is 4.74 Å². The quantitative estimate of drug-likeness (QED) is 0.564. The second-order valence-corrected chi connectivity index (χ2v) is 5.18. The topological polar surface area (TPSA) is 39.2 Å². The average molecular weight is 350 g/mol. The summed E-state index contributed by atoms with van der Waals surface area (Å²) in [6.07, 6.45) is 3.45. The molecule has 24 heavy (non-hydrogen) atoms. The van der Waals surface area contributed by atoms with E-state index in [0.717, 1.165) is 12.3 Å². The molecule has 0 bridgehead atoms. The highest BCUT2D eigenvalue weighted by molar-refractivity contribution is 6.37. The summed E-state index contributed by atoms with van der Waals surface area (Å²) in [6, 6.07) is 4.23. The number of esters is 1. The third-order valence-electron chi connectivity index (χ3n) is 3.41. The number of hydrogen-bond donors (Lipinski definition) is 0. The first kappa shape index (κ1) is 17.8. The summed E-state index contributed by atoms with van der Waals surface area (Å²) in [7, 11) is 1.23. The molecule has 0 amide bonds. The number of halogens is 3. The maximum absolute atomic E-state index is 14.3. The maximum atomic E-state index is 14.3. The Balaban J connectivity index is 2.89. The van der Waals surface area contributed by atoms with Crippen LogP contribution in [0.4, 0.5) is 8.78 Å². The minimum atomic E-state index is -0.707. The standard InChI is InChI=1S/C18H14ClF2NO2/c1-4-13(19)16(14(20)5-2)17-12-8-10(18(23)24-3)6-7-11(12)15(21)9-22-17/h4-9H,2H2,1,3H3/b13-4+,16-14-. The normalized spacial score (nSPS) is 12.8. The van der Waals surface area contributed by atoms with Gasteiger partial charge in [0.1, 0.15) is 11.6 Å². The Morgan fingerprint density at radius 3 is 2.67 bits per heavy atom. The molecular formula is C18H14ClF2NO2. The van der Waals surface area contributed by atoms with Crippen molar-refractivity contribution in [2.24, 2.45) is 0 Å². The lowest BCUT2D eigenvalue weighted by Gasteiger charge is -2.11. The largest absolute Gasteiger partial charge is 0.465 e. The van der Waals surface area contributed by atoms with Crippen molar-refractivity contribution in [2.75, 3.05) is 7.11 Å². The molecule has 0 fully saturated rings. The van der Waals surface area contributed by atoms with E-state index < -0.39 is 17.6 Å². The first-order valence-corrected chi connectivity index (χ1v) is 7.33. The van der Waals surface area contributed by atoms with E-state index >= 15 is 0 Å². The second kappa shape index (κ2) is 7.36. The Kier molecular flexibility index (Phi) is 5.46. The van der Waals surface area contributed by atoms with Crippen molar-refractivity contribution < 1.29 is 18.3 Å². The van der Waals surface area contributed by atoms with Gasteiger partial charge in [-0.15, -0.1) is 0 Å². The fraction of sp³-hybridized carbons (Fsp3) is 0.111.